The number of aryl methyl sites for hydroxylation is 2. The molecule has 0 radical (unpaired) electrons. The average Bonchev–Trinajstić information content (AvgIpc) is 3.40. The third-order valence-corrected chi connectivity index (χ3v) is 7.59. The lowest BCUT2D eigenvalue weighted by atomic mass is 10.0. The van der Waals surface area contributed by atoms with Gasteiger partial charge in [0.15, 0.2) is 11.5 Å². The van der Waals surface area contributed by atoms with Crippen LogP contribution in [0.2, 0.25) is 0 Å². The van der Waals surface area contributed by atoms with Crippen LogP contribution in [0.15, 0.2) is 47.5 Å². The number of hydrogen-bond donors (Lipinski definition) is 1. The Morgan fingerprint density at radius 3 is 2.30 bits per heavy atom. The Bertz CT molecular complexity index is 1660. The fourth-order valence-corrected chi connectivity index (χ4v) is 4.87. The molecule has 1 N–H and O–H groups in total. The Hall–Kier alpha value is -4.26. The molecule has 0 aliphatic heterocycles. The van der Waals surface area contributed by atoms with Crippen molar-refractivity contribution in [3.63, 3.8) is 0 Å². The van der Waals surface area contributed by atoms with Gasteiger partial charge < -0.3 is 23.9 Å². The summed E-state index contributed by atoms with van der Waals surface area (Å²) in [5.74, 6) is 4.40. The molecule has 0 aliphatic carbocycles. The molecule has 0 saturated carbocycles. The fourth-order valence-electron chi connectivity index (χ4n) is 4.87. The van der Waals surface area contributed by atoms with Crippen molar-refractivity contribution in [2.24, 2.45) is 10.9 Å². The first kappa shape index (κ1) is 33.2. The van der Waals surface area contributed by atoms with Crippen LogP contribution in [0.3, 0.4) is 0 Å². The van der Waals surface area contributed by atoms with Crippen molar-refractivity contribution in [1.29, 1.82) is 0 Å². The van der Waals surface area contributed by atoms with Gasteiger partial charge in [-0.2, -0.15) is 0 Å². The van der Waals surface area contributed by atoms with E-state index in [9.17, 15) is 0 Å². The largest absolute Gasteiger partial charge is 0.493 e. The number of aromatic nitrogens is 2. The second-order valence-electron chi connectivity index (χ2n) is 10.5. The molecule has 0 saturated heterocycles. The molecule has 0 aliphatic rings. The zero-order valence-electron chi connectivity index (χ0n) is 27.3. The normalized spacial score (nSPS) is 12.5. The molecule has 3 aromatic carbocycles. The van der Waals surface area contributed by atoms with Crippen LogP contribution in [0.4, 0.5) is 0 Å². The highest BCUT2D eigenvalue weighted by Crippen LogP contribution is 2.32. The van der Waals surface area contributed by atoms with Crippen LogP contribution < -0.4 is 29.4 Å². The van der Waals surface area contributed by atoms with Gasteiger partial charge in [-0.1, -0.05) is 45.9 Å². The van der Waals surface area contributed by atoms with Crippen molar-refractivity contribution in [3.8, 4) is 34.1 Å². The first-order chi connectivity index (χ1) is 20.7. The predicted octanol–water partition coefficient (Wildman–Crippen LogP) is 7.26. The molecule has 43 heavy (non-hydrogen) atoms. The maximum Gasteiger partial charge on any atom is 0.203 e. The monoisotopic (exact) mass is 585 g/mol. The number of aliphatic imine (C=N–C) groups is 1. The highest BCUT2D eigenvalue weighted by atomic mass is 16.5. The van der Waals surface area contributed by atoms with Gasteiger partial charge in [0.25, 0.3) is 0 Å². The van der Waals surface area contributed by atoms with E-state index in [1.54, 1.807) is 27.5 Å². The highest BCUT2D eigenvalue weighted by Gasteiger charge is 2.14. The van der Waals surface area contributed by atoms with Crippen LogP contribution in [0.25, 0.3) is 34.4 Å². The van der Waals surface area contributed by atoms with Gasteiger partial charge in [0.2, 0.25) is 5.75 Å². The van der Waals surface area contributed by atoms with E-state index in [1.165, 1.54) is 23.1 Å². The predicted molar refractivity (Wildman–Crippen MR) is 179 cm³/mol. The topological polar surface area (TPSA) is 78.0 Å². The summed E-state index contributed by atoms with van der Waals surface area (Å²) in [6.07, 6.45) is 5.02. The number of methoxy groups -OCH3 is 3. The quantitative estimate of drug-likeness (QED) is 0.188. The number of ether oxygens (including phenoxy) is 4. The number of nitrogens with zero attached hydrogens (tertiary/aromatic N) is 2. The zero-order valence-corrected chi connectivity index (χ0v) is 27.3. The fraction of sp³-hybridized carbons (Fsp3) is 0.389. The third-order valence-electron chi connectivity index (χ3n) is 7.59. The Morgan fingerprint density at radius 2 is 1.67 bits per heavy atom. The van der Waals surface area contributed by atoms with E-state index in [0.29, 0.717) is 23.2 Å². The Labute approximate surface area is 256 Å². The number of rotatable bonds is 11. The van der Waals surface area contributed by atoms with Crippen molar-refractivity contribution in [2.45, 2.75) is 60.8 Å². The Morgan fingerprint density at radius 1 is 0.977 bits per heavy atom. The number of fused-ring (bicyclic) bond motifs is 1. The number of benzene rings is 3. The van der Waals surface area contributed by atoms with E-state index < -0.39 is 0 Å². The molecule has 7 heteroatoms. The van der Waals surface area contributed by atoms with Crippen molar-refractivity contribution < 1.29 is 18.9 Å². The summed E-state index contributed by atoms with van der Waals surface area (Å²) in [4.78, 5) is 12.1. The van der Waals surface area contributed by atoms with Crippen LogP contribution in [0, 0.1) is 12.8 Å². The van der Waals surface area contributed by atoms with E-state index in [1.807, 2.05) is 26.8 Å². The smallest absolute Gasteiger partial charge is 0.203 e. The van der Waals surface area contributed by atoms with Gasteiger partial charge >= 0.3 is 0 Å². The van der Waals surface area contributed by atoms with Crippen LogP contribution >= 0.6 is 0 Å². The molecule has 0 spiro atoms. The zero-order chi connectivity index (χ0) is 31.5. The lowest BCUT2D eigenvalue weighted by Crippen LogP contribution is -2.27. The van der Waals surface area contributed by atoms with E-state index in [4.69, 9.17) is 18.9 Å². The van der Waals surface area contributed by atoms with Crippen LogP contribution in [0.5, 0.6) is 23.0 Å². The maximum atomic E-state index is 6.05. The molecule has 230 valence electrons. The summed E-state index contributed by atoms with van der Waals surface area (Å²) in [5, 5.41) is 1.61. The van der Waals surface area contributed by atoms with Crippen molar-refractivity contribution in [1.82, 2.24) is 9.97 Å². The molecule has 4 rings (SSSR count). The standard InChI is InChI=1S/C22H28N2O.C14H19NO3/c1-5-15(3)11-12-25-22-10-8-18(13-17(22)6-2)19-7-9-20-21(14-19)24-16(4)23-20;1-7-15-10(3)11-8-12(16-4)14(18-6)13(17-5)9(11)2/h7-10,13-15H,5-6,11-12H2,1-4H3,(H,23,24);7-8H,2H2,1,3-6H3/b;11-10-,15-7?. The number of nitrogens with one attached hydrogen (secondary N) is 1. The molecule has 1 heterocycles. The molecule has 7 nitrogen and oxygen atoms in total. The number of imidazole rings is 1. The van der Waals surface area contributed by atoms with Gasteiger partial charge in [-0.3, -0.25) is 4.99 Å². The van der Waals surface area contributed by atoms with E-state index in [2.05, 4.69) is 78.7 Å². The molecule has 0 fully saturated rings. The number of aromatic amines is 1. The number of hydrogen-bond acceptors (Lipinski definition) is 6. The summed E-state index contributed by atoms with van der Waals surface area (Å²) < 4.78 is 22.0. The van der Waals surface area contributed by atoms with E-state index in [0.717, 1.165) is 58.2 Å². The SMILES string of the molecule is C=c1c(OC)c(OC)c(OC)c/c1=C(\C)N=CC.CCc1cc(-c2ccc3nc(C)[nH]c3c2)ccc1OCCC(C)CC. The summed E-state index contributed by atoms with van der Waals surface area (Å²) in [6.45, 7) is 17.3. The molecule has 1 unspecified atom stereocenters. The van der Waals surface area contributed by atoms with Crippen molar-refractivity contribution in [3.05, 3.63) is 64.3 Å². The summed E-state index contributed by atoms with van der Waals surface area (Å²) >= 11 is 0. The Kier molecular flexibility index (Phi) is 12.2. The first-order valence-electron chi connectivity index (χ1n) is 14.9. The minimum Gasteiger partial charge on any atom is -0.493 e. The van der Waals surface area contributed by atoms with E-state index in [-0.39, 0.29) is 0 Å². The van der Waals surface area contributed by atoms with Crippen LogP contribution in [0.1, 0.15) is 58.8 Å². The van der Waals surface area contributed by atoms with E-state index >= 15 is 0 Å². The van der Waals surface area contributed by atoms with Crippen LogP contribution in [-0.2, 0) is 6.42 Å². The average molecular weight is 586 g/mol. The summed E-state index contributed by atoms with van der Waals surface area (Å²) in [6, 6.07) is 14.8. The lowest BCUT2D eigenvalue weighted by Gasteiger charge is -2.14. The van der Waals surface area contributed by atoms with Gasteiger partial charge in [-0.25, -0.2) is 4.98 Å². The van der Waals surface area contributed by atoms with Crippen LogP contribution in [-0.4, -0.2) is 44.1 Å². The molecule has 0 amide bonds. The second-order valence-corrected chi connectivity index (χ2v) is 10.5. The maximum absolute atomic E-state index is 6.05. The summed E-state index contributed by atoms with van der Waals surface area (Å²) in [5.41, 5.74) is 6.64. The van der Waals surface area contributed by atoms with Gasteiger partial charge in [-0.05, 0) is 86.6 Å². The lowest BCUT2D eigenvalue weighted by molar-refractivity contribution is 0.279. The molecule has 4 aromatic rings. The Balaban J connectivity index is 0.000000250. The first-order valence-corrected chi connectivity index (χ1v) is 14.9. The molecular formula is C36H47N3O4. The molecule has 0 bridgehead atoms. The highest BCUT2D eigenvalue weighted by molar-refractivity contribution is 5.82. The molecule has 1 aromatic heterocycles. The van der Waals surface area contributed by atoms with Gasteiger partial charge in [-0.15, -0.1) is 0 Å². The third kappa shape index (κ3) is 8.19. The molecular weight excluding hydrogens is 538 g/mol. The van der Waals surface area contributed by atoms with Gasteiger partial charge in [0.05, 0.1) is 39.0 Å². The minimum atomic E-state index is 0.544. The van der Waals surface area contributed by atoms with Gasteiger partial charge in [0.1, 0.15) is 11.6 Å². The summed E-state index contributed by atoms with van der Waals surface area (Å²) in [7, 11) is 4.73. The van der Waals surface area contributed by atoms with Crippen molar-refractivity contribution in [2.75, 3.05) is 27.9 Å². The number of H-pyrrole nitrogens is 1. The second kappa shape index (κ2) is 15.8. The van der Waals surface area contributed by atoms with Gasteiger partial charge in [0, 0.05) is 22.3 Å². The molecule has 1 atom stereocenters. The van der Waals surface area contributed by atoms with Crippen molar-refractivity contribution >= 4 is 29.5 Å². The minimum absolute atomic E-state index is 0.544.